The number of aliphatic hydroxyl groups is 1. The molecule has 1 amide bonds. The van der Waals surface area contributed by atoms with Gasteiger partial charge in [0.25, 0.3) is 0 Å². The molecule has 2 fully saturated rings. The van der Waals surface area contributed by atoms with E-state index < -0.39 is 0 Å². The Morgan fingerprint density at radius 2 is 1.94 bits per heavy atom. The van der Waals surface area contributed by atoms with Gasteiger partial charge in [-0.2, -0.15) is 0 Å². The molecule has 2 unspecified atom stereocenters. The minimum Gasteiger partial charge on any atom is -0.393 e. The van der Waals surface area contributed by atoms with Gasteiger partial charge < -0.3 is 15.7 Å². The average Bonchev–Trinajstić information content (AvgIpc) is 2.74. The van der Waals surface area contributed by atoms with Crippen molar-refractivity contribution in [1.29, 1.82) is 0 Å². The van der Waals surface area contributed by atoms with Crippen molar-refractivity contribution in [3.63, 3.8) is 0 Å². The number of nitrogens with one attached hydrogen (secondary N) is 2. The molecule has 5 heteroatoms. The molecular formula is C13H25ClN2O2. The summed E-state index contributed by atoms with van der Waals surface area (Å²) in [4.78, 5) is 11.8. The molecule has 0 aromatic carbocycles. The van der Waals surface area contributed by atoms with Crippen molar-refractivity contribution in [2.75, 3.05) is 19.6 Å². The number of halogens is 1. The van der Waals surface area contributed by atoms with E-state index in [0.717, 1.165) is 45.2 Å². The largest absolute Gasteiger partial charge is 0.393 e. The summed E-state index contributed by atoms with van der Waals surface area (Å²) in [6.07, 6.45) is 5.72. The Labute approximate surface area is 115 Å². The maximum Gasteiger partial charge on any atom is 0.220 e. The van der Waals surface area contributed by atoms with Gasteiger partial charge in [0.05, 0.1) is 6.10 Å². The first-order valence-corrected chi connectivity index (χ1v) is 6.91. The molecule has 0 spiro atoms. The quantitative estimate of drug-likeness (QED) is 0.720. The summed E-state index contributed by atoms with van der Waals surface area (Å²) in [6.45, 7) is 2.74. The standard InChI is InChI=1S/C13H24N2O2.ClH/c16-12-3-1-2-11(12)9-15-13(17)8-10-4-6-14-7-5-10;/h10-12,14,16H,1-9H2,(H,15,17);1H. The molecule has 0 aromatic rings. The van der Waals surface area contributed by atoms with Crippen molar-refractivity contribution >= 4 is 18.3 Å². The Bertz CT molecular complexity index is 257. The molecule has 1 saturated heterocycles. The van der Waals surface area contributed by atoms with E-state index in [1.165, 1.54) is 0 Å². The van der Waals surface area contributed by atoms with Gasteiger partial charge in [-0.25, -0.2) is 0 Å². The van der Waals surface area contributed by atoms with Gasteiger partial charge in [-0.05, 0) is 44.7 Å². The molecule has 4 nitrogen and oxygen atoms in total. The minimum absolute atomic E-state index is 0. The van der Waals surface area contributed by atoms with E-state index >= 15 is 0 Å². The summed E-state index contributed by atoms with van der Waals surface area (Å²) in [6, 6.07) is 0. The van der Waals surface area contributed by atoms with Crippen LogP contribution in [0.1, 0.15) is 38.5 Å². The van der Waals surface area contributed by atoms with E-state index in [0.29, 0.717) is 18.9 Å². The molecule has 0 radical (unpaired) electrons. The summed E-state index contributed by atoms with van der Waals surface area (Å²) < 4.78 is 0. The van der Waals surface area contributed by atoms with E-state index in [-0.39, 0.29) is 30.3 Å². The zero-order valence-corrected chi connectivity index (χ0v) is 11.7. The minimum atomic E-state index is -0.200. The second-order valence-corrected chi connectivity index (χ2v) is 5.46. The first-order valence-electron chi connectivity index (χ1n) is 6.91. The molecule has 1 saturated carbocycles. The van der Waals surface area contributed by atoms with Gasteiger partial charge in [-0.3, -0.25) is 4.79 Å². The zero-order valence-electron chi connectivity index (χ0n) is 10.9. The van der Waals surface area contributed by atoms with Gasteiger partial charge in [-0.1, -0.05) is 6.42 Å². The summed E-state index contributed by atoms with van der Waals surface area (Å²) in [7, 11) is 0. The Morgan fingerprint density at radius 1 is 1.22 bits per heavy atom. The van der Waals surface area contributed by atoms with Crippen LogP contribution in [0.2, 0.25) is 0 Å². The lowest BCUT2D eigenvalue weighted by Gasteiger charge is -2.22. The Morgan fingerprint density at radius 3 is 2.56 bits per heavy atom. The first kappa shape index (κ1) is 15.7. The number of aliphatic hydroxyl groups excluding tert-OH is 1. The van der Waals surface area contributed by atoms with Crippen molar-refractivity contribution in [3.8, 4) is 0 Å². The highest BCUT2D eigenvalue weighted by Gasteiger charge is 2.25. The Hall–Kier alpha value is -0.320. The van der Waals surface area contributed by atoms with Crippen molar-refractivity contribution in [1.82, 2.24) is 10.6 Å². The fraction of sp³-hybridized carbons (Fsp3) is 0.923. The van der Waals surface area contributed by atoms with E-state index in [9.17, 15) is 9.90 Å². The third-order valence-corrected chi connectivity index (χ3v) is 4.11. The molecule has 3 N–H and O–H groups in total. The molecule has 0 aromatic heterocycles. The van der Waals surface area contributed by atoms with Gasteiger partial charge in [0.2, 0.25) is 5.91 Å². The van der Waals surface area contributed by atoms with Crippen molar-refractivity contribution < 1.29 is 9.90 Å². The number of hydrogen-bond acceptors (Lipinski definition) is 3. The number of hydrogen-bond donors (Lipinski definition) is 3. The van der Waals surface area contributed by atoms with Gasteiger partial charge in [0.1, 0.15) is 0 Å². The lowest BCUT2D eigenvalue weighted by molar-refractivity contribution is -0.122. The third kappa shape index (κ3) is 4.75. The van der Waals surface area contributed by atoms with Crippen LogP contribution < -0.4 is 10.6 Å². The Kier molecular flexibility index (Phi) is 6.97. The number of amides is 1. The zero-order chi connectivity index (χ0) is 12.1. The van der Waals surface area contributed by atoms with Crippen molar-refractivity contribution in [3.05, 3.63) is 0 Å². The van der Waals surface area contributed by atoms with Crippen LogP contribution >= 0.6 is 12.4 Å². The van der Waals surface area contributed by atoms with Crippen LogP contribution in [-0.2, 0) is 4.79 Å². The molecule has 1 aliphatic carbocycles. The molecule has 2 rings (SSSR count). The summed E-state index contributed by atoms with van der Waals surface area (Å²) in [5, 5.41) is 16.0. The summed E-state index contributed by atoms with van der Waals surface area (Å²) in [5.41, 5.74) is 0. The van der Waals surface area contributed by atoms with Crippen LogP contribution in [0.5, 0.6) is 0 Å². The number of piperidine rings is 1. The van der Waals surface area contributed by atoms with E-state index in [2.05, 4.69) is 10.6 Å². The molecule has 106 valence electrons. The lowest BCUT2D eigenvalue weighted by atomic mass is 9.94. The molecule has 18 heavy (non-hydrogen) atoms. The molecule has 1 aliphatic heterocycles. The van der Waals surface area contributed by atoms with Crippen LogP contribution in [0.4, 0.5) is 0 Å². The van der Waals surface area contributed by atoms with Gasteiger partial charge in [0, 0.05) is 18.9 Å². The van der Waals surface area contributed by atoms with Crippen LogP contribution in [0, 0.1) is 11.8 Å². The lowest BCUT2D eigenvalue weighted by Crippen LogP contribution is -2.35. The molecule has 1 heterocycles. The molecule has 0 bridgehead atoms. The number of rotatable bonds is 4. The second kappa shape index (κ2) is 7.97. The molecule has 2 aliphatic rings. The van der Waals surface area contributed by atoms with Crippen molar-refractivity contribution in [2.24, 2.45) is 11.8 Å². The number of carbonyl (C=O) groups excluding carboxylic acids is 1. The normalized spacial score (nSPS) is 28.7. The fourth-order valence-corrected chi connectivity index (χ4v) is 2.92. The van der Waals surface area contributed by atoms with Crippen LogP contribution in [0.3, 0.4) is 0 Å². The van der Waals surface area contributed by atoms with E-state index in [4.69, 9.17) is 0 Å². The topological polar surface area (TPSA) is 61.4 Å². The van der Waals surface area contributed by atoms with E-state index in [1.807, 2.05) is 0 Å². The predicted octanol–water partition coefficient (Wildman–Crippen LogP) is 1.08. The van der Waals surface area contributed by atoms with Crippen LogP contribution in [0.15, 0.2) is 0 Å². The second-order valence-electron chi connectivity index (χ2n) is 5.46. The average molecular weight is 277 g/mol. The van der Waals surface area contributed by atoms with Crippen molar-refractivity contribution in [2.45, 2.75) is 44.6 Å². The summed E-state index contributed by atoms with van der Waals surface area (Å²) in [5.74, 6) is 0.993. The maximum atomic E-state index is 11.8. The smallest absolute Gasteiger partial charge is 0.220 e. The predicted molar refractivity (Wildman–Crippen MR) is 73.8 cm³/mol. The monoisotopic (exact) mass is 276 g/mol. The number of carbonyl (C=O) groups is 1. The van der Waals surface area contributed by atoms with E-state index in [1.54, 1.807) is 0 Å². The highest BCUT2D eigenvalue weighted by molar-refractivity contribution is 5.85. The highest BCUT2D eigenvalue weighted by Crippen LogP contribution is 2.24. The highest BCUT2D eigenvalue weighted by atomic mass is 35.5. The van der Waals surface area contributed by atoms with Gasteiger partial charge in [0.15, 0.2) is 0 Å². The van der Waals surface area contributed by atoms with Gasteiger partial charge >= 0.3 is 0 Å². The molecule has 2 atom stereocenters. The third-order valence-electron chi connectivity index (χ3n) is 4.11. The Balaban J connectivity index is 0.00000162. The van der Waals surface area contributed by atoms with Gasteiger partial charge in [-0.15, -0.1) is 12.4 Å². The first-order chi connectivity index (χ1) is 8.25. The molecular weight excluding hydrogens is 252 g/mol. The fourth-order valence-electron chi connectivity index (χ4n) is 2.92. The summed E-state index contributed by atoms with van der Waals surface area (Å²) >= 11 is 0. The SMILES string of the molecule is Cl.O=C(CC1CCNCC1)NCC1CCCC1O. The van der Waals surface area contributed by atoms with Crippen LogP contribution in [-0.4, -0.2) is 36.8 Å². The maximum absolute atomic E-state index is 11.8. The van der Waals surface area contributed by atoms with Crippen LogP contribution in [0.25, 0.3) is 0 Å².